The quantitative estimate of drug-likeness (QED) is 0.356. The molecule has 14 heavy (non-hydrogen) atoms. The maximum atomic E-state index is 11.3. The molecule has 3 N–H and O–H groups in total. The summed E-state index contributed by atoms with van der Waals surface area (Å²) in [5.74, 6) is -0.136. The Balaban J connectivity index is 3.73. The number of hydrogen-bond donors (Lipinski definition) is 2. The third-order valence-electron chi connectivity index (χ3n) is 1.92. The van der Waals surface area contributed by atoms with E-state index in [-0.39, 0.29) is 12.6 Å². The van der Waals surface area contributed by atoms with Gasteiger partial charge in [-0.05, 0) is 32.4 Å². The second-order valence-corrected chi connectivity index (χ2v) is 3.09. The number of nitrogens with zero attached hydrogens (tertiary/aromatic N) is 1. The number of rotatable bonds is 7. The van der Waals surface area contributed by atoms with E-state index in [1.165, 1.54) is 11.0 Å². The molecule has 0 spiro atoms. The molecule has 0 unspecified atom stereocenters. The molecule has 0 saturated heterocycles. The van der Waals surface area contributed by atoms with E-state index >= 15 is 0 Å². The zero-order valence-electron chi connectivity index (χ0n) is 8.78. The van der Waals surface area contributed by atoms with Gasteiger partial charge in [-0.25, -0.2) is 0 Å². The van der Waals surface area contributed by atoms with Crippen molar-refractivity contribution in [2.75, 3.05) is 19.8 Å². The van der Waals surface area contributed by atoms with Gasteiger partial charge in [-0.2, -0.15) is 0 Å². The van der Waals surface area contributed by atoms with E-state index in [1.807, 2.05) is 0 Å². The van der Waals surface area contributed by atoms with Crippen molar-refractivity contribution < 1.29 is 9.90 Å². The molecule has 4 nitrogen and oxygen atoms in total. The van der Waals surface area contributed by atoms with Crippen LogP contribution in [-0.2, 0) is 4.79 Å². The van der Waals surface area contributed by atoms with Crippen LogP contribution >= 0.6 is 0 Å². The molecule has 0 heterocycles. The lowest BCUT2D eigenvalue weighted by Crippen LogP contribution is -2.31. The standard InChI is InChI=1S/C10H20N2O2/c1-2-6-10(14)12(9-13)8-5-3-4-7-11/h2,6,13H,3-5,7-9,11H2,1H3/b6-2+. The highest BCUT2D eigenvalue weighted by Crippen LogP contribution is 1.98. The Labute approximate surface area is 85.4 Å². The first-order chi connectivity index (χ1) is 6.76. The van der Waals surface area contributed by atoms with Gasteiger partial charge >= 0.3 is 0 Å². The maximum Gasteiger partial charge on any atom is 0.248 e. The van der Waals surface area contributed by atoms with E-state index in [9.17, 15) is 4.79 Å². The van der Waals surface area contributed by atoms with Gasteiger partial charge < -0.3 is 15.7 Å². The van der Waals surface area contributed by atoms with Gasteiger partial charge in [0.15, 0.2) is 0 Å². The topological polar surface area (TPSA) is 66.6 Å². The van der Waals surface area contributed by atoms with Crippen LogP contribution in [0.5, 0.6) is 0 Å². The number of hydrogen-bond acceptors (Lipinski definition) is 3. The largest absolute Gasteiger partial charge is 0.376 e. The van der Waals surface area contributed by atoms with Crippen LogP contribution in [-0.4, -0.2) is 35.7 Å². The molecular formula is C10H20N2O2. The number of aliphatic hydroxyl groups is 1. The Kier molecular flexibility index (Phi) is 8.17. The summed E-state index contributed by atoms with van der Waals surface area (Å²) in [6.45, 7) is 2.84. The average Bonchev–Trinajstić information content (AvgIpc) is 2.18. The lowest BCUT2D eigenvalue weighted by Gasteiger charge is -2.17. The minimum absolute atomic E-state index is 0.136. The van der Waals surface area contributed by atoms with Gasteiger partial charge in [0, 0.05) is 6.54 Å². The SMILES string of the molecule is C/C=C/C(=O)N(CO)CCCCCN. The van der Waals surface area contributed by atoms with Crippen molar-refractivity contribution in [2.24, 2.45) is 5.73 Å². The molecule has 82 valence electrons. The lowest BCUT2D eigenvalue weighted by atomic mass is 10.2. The van der Waals surface area contributed by atoms with Gasteiger partial charge in [0.1, 0.15) is 6.73 Å². The maximum absolute atomic E-state index is 11.3. The normalized spacial score (nSPS) is 10.8. The number of aliphatic hydroxyl groups excluding tert-OH is 1. The average molecular weight is 200 g/mol. The summed E-state index contributed by atoms with van der Waals surface area (Å²) in [5.41, 5.74) is 5.34. The van der Waals surface area contributed by atoms with Crippen molar-refractivity contribution in [3.8, 4) is 0 Å². The zero-order chi connectivity index (χ0) is 10.8. The zero-order valence-corrected chi connectivity index (χ0v) is 8.78. The first-order valence-electron chi connectivity index (χ1n) is 4.98. The fraction of sp³-hybridized carbons (Fsp3) is 0.700. The molecule has 0 rings (SSSR count). The van der Waals surface area contributed by atoms with Gasteiger partial charge in [-0.1, -0.05) is 12.5 Å². The van der Waals surface area contributed by atoms with Gasteiger partial charge in [-0.15, -0.1) is 0 Å². The number of nitrogens with two attached hydrogens (primary N) is 1. The van der Waals surface area contributed by atoms with Crippen molar-refractivity contribution in [2.45, 2.75) is 26.2 Å². The van der Waals surface area contributed by atoms with E-state index in [0.29, 0.717) is 13.1 Å². The molecule has 1 amide bonds. The molecule has 4 heteroatoms. The second-order valence-electron chi connectivity index (χ2n) is 3.09. The van der Waals surface area contributed by atoms with Gasteiger partial charge in [0.25, 0.3) is 0 Å². The summed E-state index contributed by atoms with van der Waals surface area (Å²) in [6.07, 6.45) is 5.98. The van der Waals surface area contributed by atoms with Crippen LogP contribution in [0.25, 0.3) is 0 Å². The summed E-state index contributed by atoms with van der Waals surface area (Å²) in [5, 5.41) is 8.93. The van der Waals surface area contributed by atoms with Crippen LogP contribution in [0, 0.1) is 0 Å². The summed E-state index contributed by atoms with van der Waals surface area (Å²) >= 11 is 0. The van der Waals surface area contributed by atoms with E-state index in [1.54, 1.807) is 13.0 Å². The highest BCUT2D eigenvalue weighted by atomic mass is 16.3. The number of allylic oxidation sites excluding steroid dienone is 1. The van der Waals surface area contributed by atoms with E-state index in [4.69, 9.17) is 10.8 Å². The van der Waals surface area contributed by atoms with Crippen molar-refractivity contribution in [1.82, 2.24) is 4.90 Å². The van der Waals surface area contributed by atoms with Gasteiger partial charge in [0.2, 0.25) is 5.91 Å². The fourth-order valence-corrected chi connectivity index (χ4v) is 1.12. The number of carbonyl (C=O) groups excluding carboxylic acids is 1. The molecule has 0 saturated carbocycles. The van der Waals surface area contributed by atoms with Gasteiger partial charge in [-0.3, -0.25) is 4.79 Å². The predicted molar refractivity (Wildman–Crippen MR) is 56.5 cm³/mol. The Bertz CT molecular complexity index is 181. The second kappa shape index (κ2) is 8.72. The fourth-order valence-electron chi connectivity index (χ4n) is 1.12. The highest BCUT2D eigenvalue weighted by molar-refractivity contribution is 5.87. The Hall–Kier alpha value is -0.870. The van der Waals surface area contributed by atoms with Crippen LogP contribution in [0.4, 0.5) is 0 Å². The van der Waals surface area contributed by atoms with E-state index in [0.717, 1.165) is 19.3 Å². The molecule has 0 fully saturated rings. The first kappa shape index (κ1) is 13.1. The van der Waals surface area contributed by atoms with Crippen LogP contribution in [0.1, 0.15) is 26.2 Å². The molecule has 0 bridgehead atoms. The molecule has 0 aliphatic heterocycles. The van der Waals surface area contributed by atoms with Crippen LogP contribution in [0.15, 0.2) is 12.2 Å². The van der Waals surface area contributed by atoms with Crippen LogP contribution < -0.4 is 5.73 Å². The molecule has 0 radical (unpaired) electrons. The van der Waals surface area contributed by atoms with Crippen LogP contribution in [0.2, 0.25) is 0 Å². The smallest absolute Gasteiger partial charge is 0.248 e. The Morgan fingerprint density at radius 1 is 1.43 bits per heavy atom. The monoisotopic (exact) mass is 200 g/mol. The lowest BCUT2D eigenvalue weighted by molar-refractivity contribution is -0.129. The molecule has 0 aliphatic rings. The Morgan fingerprint density at radius 3 is 2.64 bits per heavy atom. The van der Waals surface area contributed by atoms with Crippen molar-refractivity contribution in [1.29, 1.82) is 0 Å². The molecule has 0 aromatic carbocycles. The minimum Gasteiger partial charge on any atom is -0.376 e. The van der Waals surface area contributed by atoms with Crippen molar-refractivity contribution in [3.05, 3.63) is 12.2 Å². The molecule has 0 aliphatic carbocycles. The van der Waals surface area contributed by atoms with Crippen molar-refractivity contribution in [3.63, 3.8) is 0 Å². The van der Waals surface area contributed by atoms with Gasteiger partial charge in [0.05, 0.1) is 0 Å². The third kappa shape index (κ3) is 5.72. The molecule has 0 aromatic rings. The summed E-state index contributed by atoms with van der Waals surface area (Å²) in [6, 6.07) is 0. The minimum atomic E-state index is -0.216. The molecule has 0 atom stereocenters. The van der Waals surface area contributed by atoms with Crippen molar-refractivity contribution >= 4 is 5.91 Å². The predicted octanol–water partition coefficient (Wildman–Crippen LogP) is 0.470. The van der Waals surface area contributed by atoms with E-state index < -0.39 is 0 Å². The number of carbonyl (C=O) groups is 1. The summed E-state index contributed by atoms with van der Waals surface area (Å²) < 4.78 is 0. The molecule has 0 aromatic heterocycles. The molecular weight excluding hydrogens is 180 g/mol. The highest BCUT2D eigenvalue weighted by Gasteiger charge is 2.07. The van der Waals surface area contributed by atoms with E-state index in [2.05, 4.69) is 0 Å². The number of unbranched alkanes of at least 4 members (excludes halogenated alkanes) is 2. The summed E-state index contributed by atoms with van der Waals surface area (Å²) in [4.78, 5) is 12.7. The van der Waals surface area contributed by atoms with Crippen LogP contribution in [0.3, 0.4) is 0 Å². The first-order valence-corrected chi connectivity index (χ1v) is 4.98. The summed E-state index contributed by atoms with van der Waals surface area (Å²) in [7, 11) is 0. The number of amides is 1. The third-order valence-corrected chi connectivity index (χ3v) is 1.92. The Morgan fingerprint density at radius 2 is 2.14 bits per heavy atom.